The molecule has 0 spiro atoms. The van der Waals surface area contributed by atoms with Gasteiger partial charge in [0.25, 0.3) is 0 Å². The van der Waals surface area contributed by atoms with Gasteiger partial charge in [-0.2, -0.15) is 18.3 Å². The van der Waals surface area contributed by atoms with Crippen LogP contribution >= 0.6 is 0 Å². The Morgan fingerprint density at radius 2 is 2.12 bits per heavy atom. The van der Waals surface area contributed by atoms with Gasteiger partial charge in [0.05, 0.1) is 6.20 Å². The van der Waals surface area contributed by atoms with Crippen molar-refractivity contribution in [1.29, 1.82) is 0 Å². The van der Waals surface area contributed by atoms with Gasteiger partial charge in [0.15, 0.2) is 5.82 Å². The van der Waals surface area contributed by atoms with E-state index < -0.39 is 12.7 Å². The van der Waals surface area contributed by atoms with Crippen LogP contribution in [0.4, 0.5) is 19.0 Å². The van der Waals surface area contributed by atoms with Crippen molar-refractivity contribution in [3.63, 3.8) is 0 Å². The van der Waals surface area contributed by atoms with E-state index in [9.17, 15) is 13.2 Å². The van der Waals surface area contributed by atoms with E-state index in [4.69, 9.17) is 5.73 Å². The van der Waals surface area contributed by atoms with Crippen LogP contribution in [0, 0.1) is 0 Å². The van der Waals surface area contributed by atoms with E-state index in [-0.39, 0.29) is 18.4 Å². The Morgan fingerprint density at radius 3 is 2.65 bits per heavy atom. The molecule has 0 amide bonds. The number of hydrogen-bond donors (Lipinski definition) is 1. The van der Waals surface area contributed by atoms with Gasteiger partial charge in [0.1, 0.15) is 6.54 Å². The summed E-state index contributed by atoms with van der Waals surface area (Å²) in [6, 6.07) is 1.52. The second-order valence-electron chi connectivity index (χ2n) is 4.06. The van der Waals surface area contributed by atoms with Crippen LogP contribution in [0.2, 0.25) is 0 Å². The molecule has 1 aromatic heterocycles. The highest BCUT2D eigenvalue weighted by Gasteiger charge is 2.39. The summed E-state index contributed by atoms with van der Waals surface area (Å²) in [6.07, 6.45) is -1.29. The average Bonchev–Trinajstić information content (AvgIpc) is 3.08. The molecule has 7 heteroatoms. The molecule has 0 saturated heterocycles. The van der Waals surface area contributed by atoms with E-state index in [0.29, 0.717) is 5.56 Å². The van der Waals surface area contributed by atoms with Gasteiger partial charge in [-0.3, -0.25) is 0 Å². The summed E-state index contributed by atoms with van der Waals surface area (Å²) in [5.41, 5.74) is 6.09. The van der Waals surface area contributed by atoms with Crippen molar-refractivity contribution in [1.82, 2.24) is 10.2 Å². The summed E-state index contributed by atoms with van der Waals surface area (Å²) in [5.74, 6) is 0.259. The van der Waals surface area contributed by atoms with Crippen molar-refractivity contribution in [2.45, 2.75) is 31.6 Å². The normalized spacial score (nSPS) is 16.0. The number of rotatable bonds is 4. The maximum Gasteiger partial charge on any atom is 0.405 e. The average molecular weight is 246 g/mol. The second kappa shape index (κ2) is 4.48. The maximum absolute atomic E-state index is 12.5. The van der Waals surface area contributed by atoms with Gasteiger partial charge in [0, 0.05) is 18.2 Å². The topological polar surface area (TPSA) is 55.0 Å². The molecule has 0 atom stereocenters. The highest BCUT2D eigenvalue weighted by molar-refractivity contribution is 5.48. The fourth-order valence-corrected chi connectivity index (χ4v) is 1.71. The third-order valence-electron chi connectivity index (χ3n) is 2.61. The van der Waals surface area contributed by atoms with E-state index in [0.717, 1.165) is 12.8 Å². The fourth-order valence-electron chi connectivity index (χ4n) is 1.71. The van der Waals surface area contributed by atoms with Crippen molar-refractivity contribution >= 4 is 5.82 Å². The number of anilines is 1. The lowest BCUT2D eigenvalue weighted by molar-refractivity contribution is -0.120. The summed E-state index contributed by atoms with van der Waals surface area (Å²) < 4.78 is 37.5. The number of alkyl halides is 3. The predicted molar refractivity (Wildman–Crippen MR) is 56.3 cm³/mol. The molecule has 4 nitrogen and oxygen atoms in total. The summed E-state index contributed by atoms with van der Waals surface area (Å²) in [6.45, 7) is -0.838. The van der Waals surface area contributed by atoms with E-state index in [1.807, 2.05) is 0 Å². The van der Waals surface area contributed by atoms with Crippen LogP contribution in [-0.4, -0.2) is 29.0 Å². The number of halogens is 3. The number of hydrogen-bond acceptors (Lipinski definition) is 4. The van der Waals surface area contributed by atoms with Gasteiger partial charge in [-0.05, 0) is 18.9 Å². The molecule has 0 radical (unpaired) electrons. The van der Waals surface area contributed by atoms with Crippen molar-refractivity contribution in [3.8, 4) is 0 Å². The first kappa shape index (κ1) is 12.1. The van der Waals surface area contributed by atoms with Gasteiger partial charge in [-0.15, -0.1) is 5.10 Å². The summed E-state index contributed by atoms with van der Waals surface area (Å²) in [4.78, 5) is 1.26. The molecule has 1 aliphatic carbocycles. The molecule has 0 aromatic carbocycles. The third kappa shape index (κ3) is 3.06. The minimum Gasteiger partial charge on any atom is -0.343 e. The zero-order valence-electron chi connectivity index (χ0n) is 9.11. The van der Waals surface area contributed by atoms with E-state index in [2.05, 4.69) is 10.2 Å². The first-order valence-corrected chi connectivity index (χ1v) is 5.35. The maximum atomic E-state index is 12.5. The summed E-state index contributed by atoms with van der Waals surface area (Å²) >= 11 is 0. The zero-order chi connectivity index (χ0) is 12.5. The Labute approximate surface area is 96.6 Å². The van der Waals surface area contributed by atoms with Crippen molar-refractivity contribution in [2.24, 2.45) is 5.73 Å². The highest BCUT2D eigenvalue weighted by Crippen LogP contribution is 2.34. The summed E-state index contributed by atoms with van der Waals surface area (Å²) in [7, 11) is 0. The molecule has 2 rings (SSSR count). The molecule has 1 aromatic rings. The van der Waals surface area contributed by atoms with Crippen LogP contribution in [0.25, 0.3) is 0 Å². The molecule has 1 saturated carbocycles. The van der Waals surface area contributed by atoms with Gasteiger partial charge in [0.2, 0.25) is 0 Å². The summed E-state index contributed by atoms with van der Waals surface area (Å²) in [5, 5.41) is 7.43. The molecule has 17 heavy (non-hydrogen) atoms. The third-order valence-corrected chi connectivity index (χ3v) is 2.61. The van der Waals surface area contributed by atoms with Crippen LogP contribution in [0.3, 0.4) is 0 Å². The van der Waals surface area contributed by atoms with E-state index in [1.54, 1.807) is 6.07 Å². The van der Waals surface area contributed by atoms with Gasteiger partial charge in [-0.25, -0.2) is 0 Å². The first-order valence-electron chi connectivity index (χ1n) is 5.35. The Morgan fingerprint density at radius 1 is 1.41 bits per heavy atom. The number of aromatic nitrogens is 2. The largest absolute Gasteiger partial charge is 0.405 e. The highest BCUT2D eigenvalue weighted by atomic mass is 19.4. The van der Waals surface area contributed by atoms with E-state index >= 15 is 0 Å². The monoisotopic (exact) mass is 246 g/mol. The molecule has 0 unspecified atom stereocenters. The number of nitrogens with two attached hydrogens (primary N) is 1. The Balaban J connectivity index is 2.26. The zero-order valence-corrected chi connectivity index (χ0v) is 9.11. The fraction of sp³-hybridized carbons (Fsp3) is 0.600. The molecular formula is C10H13F3N4. The van der Waals surface area contributed by atoms with Gasteiger partial charge >= 0.3 is 6.18 Å². The molecule has 2 N–H and O–H groups in total. The minimum atomic E-state index is -4.24. The SMILES string of the molecule is NCc1ccnnc1N(CC(F)(F)F)C1CC1. The Bertz CT molecular complexity index is 389. The Kier molecular flexibility index (Phi) is 3.19. The molecule has 1 fully saturated rings. The van der Waals surface area contributed by atoms with Crippen LogP contribution in [0.5, 0.6) is 0 Å². The lowest BCUT2D eigenvalue weighted by Crippen LogP contribution is -2.37. The van der Waals surface area contributed by atoms with Gasteiger partial charge < -0.3 is 10.6 Å². The lowest BCUT2D eigenvalue weighted by Gasteiger charge is -2.25. The lowest BCUT2D eigenvalue weighted by atomic mass is 10.2. The van der Waals surface area contributed by atoms with Crippen molar-refractivity contribution in [3.05, 3.63) is 17.8 Å². The predicted octanol–water partition coefficient (Wildman–Crippen LogP) is 1.47. The molecule has 0 aliphatic heterocycles. The molecule has 0 bridgehead atoms. The van der Waals surface area contributed by atoms with Crippen LogP contribution in [0.15, 0.2) is 12.3 Å². The second-order valence-corrected chi connectivity index (χ2v) is 4.06. The molecule has 1 heterocycles. The Hall–Kier alpha value is -1.37. The first-order chi connectivity index (χ1) is 8.01. The van der Waals surface area contributed by atoms with Crippen molar-refractivity contribution in [2.75, 3.05) is 11.4 Å². The molecular weight excluding hydrogens is 233 g/mol. The minimum absolute atomic E-state index is 0.0846. The van der Waals surface area contributed by atoms with Gasteiger partial charge in [-0.1, -0.05) is 0 Å². The smallest absolute Gasteiger partial charge is 0.343 e. The number of nitrogens with zero attached hydrogens (tertiary/aromatic N) is 3. The molecule has 94 valence electrons. The van der Waals surface area contributed by atoms with E-state index in [1.165, 1.54) is 11.1 Å². The van der Waals surface area contributed by atoms with Crippen LogP contribution in [-0.2, 0) is 6.54 Å². The van der Waals surface area contributed by atoms with Crippen LogP contribution in [0.1, 0.15) is 18.4 Å². The van der Waals surface area contributed by atoms with Crippen LogP contribution < -0.4 is 10.6 Å². The quantitative estimate of drug-likeness (QED) is 0.874. The molecule has 1 aliphatic rings. The van der Waals surface area contributed by atoms with Crippen molar-refractivity contribution < 1.29 is 13.2 Å². The standard InChI is InChI=1S/C10H13F3N4/c11-10(12,13)6-17(8-1-2-8)9-7(5-14)3-4-15-16-9/h3-4,8H,1-2,5-6,14H2.